The van der Waals surface area contributed by atoms with E-state index in [4.69, 9.17) is 15.2 Å². The van der Waals surface area contributed by atoms with Crippen LogP contribution in [0.4, 0.5) is 0 Å². The highest BCUT2D eigenvalue weighted by atomic mass is 16.7. The van der Waals surface area contributed by atoms with Crippen molar-refractivity contribution in [2.24, 2.45) is 23.5 Å². The third-order valence-electron chi connectivity index (χ3n) is 5.10. The van der Waals surface area contributed by atoms with E-state index in [0.29, 0.717) is 12.0 Å². The molecule has 2 saturated carbocycles. The first-order chi connectivity index (χ1) is 8.19. The highest BCUT2D eigenvalue weighted by Crippen LogP contribution is 2.45. The topological polar surface area (TPSA) is 44.5 Å². The fourth-order valence-corrected chi connectivity index (χ4v) is 4.26. The molecule has 3 fully saturated rings. The molecule has 1 heterocycles. The van der Waals surface area contributed by atoms with Crippen LogP contribution in [0.3, 0.4) is 0 Å². The van der Waals surface area contributed by atoms with Gasteiger partial charge >= 0.3 is 0 Å². The molecule has 3 heteroatoms. The van der Waals surface area contributed by atoms with Crippen molar-refractivity contribution in [3.63, 3.8) is 0 Å². The Labute approximate surface area is 104 Å². The second-order valence-corrected chi connectivity index (χ2v) is 6.35. The van der Waals surface area contributed by atoms with E-state index in [-0.39, 0.29) is 5.79 Å². The van der Waals surface area contributed by atoms with Crippen LogP contribution >= 0.6 is 0 Å². The average Bonchev–Trinajstić information content (AvgIpc) is 2.65. The number of fused-ring (bicyclic) bond motifs is 1. The first-order valence-corrected chi connectivity index (χ1v) is 7.22. The van der Waals surface area contributed by atoms with Crippen LogP contribution in [0.15, 0.2) is 0 Å². The second-order valence-electron chi connectivity index (χ2n) is 6.35. The van der Waals surface area contributed by atoms with Crippen molar-refractivity contribution < 1.29 is 9.47 Å². The molecule has 3 aliphatic rings. The van der Waals surface area contributed by atoms with E-state index < -0.39 is 0 Å². The lowest BCUT2D eigenvalue weighted by molar-refractivity contribution is -0.165. The molecule has 0 aromatic carbocycles. The number of hydrogen-bond donors (Lipinski definition) is 1. The van der Waals surface area contributed by atoms with E-state index >= 15 is 0 Å². The Balaban J connectivity index is 1.72. The highest BCUT2D eigenvalue weighted by Gasteiger charge is 2.44. The smallest absolute Gasteiger partial charge is 0.168 e. The number of rotatable bonds is 0. The van der Waals surface area contributed by atoms with Gasteiger partial charge in [-0.05, 0) is 43.4 Å². The van der Waals surface area contributed by atoms with Crippen molar-refractivity contribution in [2.75, 3.05) is 13.2 Å². The van der Waals surface area contributed by atoms with Crippen LogP contribution in [0.2, 0.25) is 0 Å². The quantitative estimate of drug-likeness (QED) is 0.705. The minimum absolute atomic E-state index is 0.236. The van der Waals surface area contributed by atoms with Crippen LogP contribution < -0.4 is 5.73 Å². The zero-order valence-corrected chi connectivity index (χ0v) is 10.9. The van der Waals surface area contributed by atoms with Crippen molar-refractivity contribution in [2.45, 2.75) is 57.3 Å². The second kappa shape index (κ2) is 4.52. The molecule has 1 spiro atoms. The Morgan fingerprint density at radius 1 is 1.06 bits per heavy atom. The van der Waals surface area contributed by atoms with Gasteiger partial charge in [0.1, 0.15) is 0 Å². The lowest BCUT2D eigenvalue weighted by Crippen LogP contribution is -2.41. The molecule has 2 N–H and O–H groups in total. The predicted octanol–water partition coefficient (Wildman–Crippen LogP) is 2.29. The third kappa shape index (κ3) is 2.25. The Bertz CT molecular complexity index is 275. The van der Waals surface area contributed by atoms with Gasteiger partial charge in [0.15, 0.2) is 5.79 Å². The zero-order chi connectivity index (χ0) is 11.9. The van der Waals surface area contributed by atoms with Gasteiger partial charge in [0, 0.05) is 18.9 Å². The van der Waals surface area contributed by atoms with E-state index in [1.54, 1.807) is 0 Å². The zero-order valence-electron chi connectivity index (χ0n) is 10.9. The van der Waals surface area contributed by atoms with E-state index in [2.05, 4.69) is 6.92 Å². The summed E-state index contributed by atoms with van der Waals surface area (Å²) in [7, 11) is 0. The molecular formula is C14H25NO2. The monoisotopic (exact) mass is 239 g/mol. The van der Waals surface area contributed by atoms with Crippen molar-refractivity contribution in [1.82, 2.24) is 0 Å². The first kappa shape index (κ1) is 11.9. The van der Waals surface area contributed by atoms with E-state index in [1.165, 1.54) is 25.7 Å². The minimum atomic E-state index is -0.236. The third-order valence-corrected chi connectivity index (χ3v) is 5.10. The van der Waals surface area contributed by atoms with Gasteiger partial charge in [-0.2, -0.15) is 0 Å². The van der Waals surface area contributed by atoms with Crippen LogP contribution in [0, 0.1) is 17.8 Å². The molecule has 0 aromatic heterocycles. The van der Waals surface area contributed by atoms with Crippen molar-refractivity contribution in [3.05, 3.63) is 0 Å². The predicted molar refractivity (Wildman–Crippen MR) is 66.5 cm³/mol. The first-order valence-electron chi connectivity index (χ1n) is 7.22. The Hall–Kier alpha value is -0.120. The van der Waals surface area contributed by atoms with Crippen molar-refractivity contribution >= 4 is 0 Å². The molecule has 1 saturated heterocycles. The Morgan fingerprint density at radius 2 is 1.76 bits per heavy atom. The fourth-order valence-electron chi connectivity index (χ4n) is 4.26. The van der Waals surface area contributed by atoms with Crippen LogP contribution in [0.5, 0.6) is 0 Å². The van der Waals surface area contributed by atoms with Crippen LogP contribution in [-0.2, 0) is 9.47 Å². The van der Waals surface area contributed by atoms with Gasteiger partial charge in [-0.15, -0.1) is 0 Å². The molecule has 0 unspecified atom stereocenters. The molecule has 1 aliphatic heterocycles. The van der Waals surface area contributed by atoms with Gasteiger partial charge in [-0.1, -0.05) is 6.92 Å². The molecule has 17 heavy (non-hydrogen) atoms. The summed E-state index contributed by atoms with van der Waals surface area (Å²) in [5.41, 5.74) is 6.35. The van der Waals surface area contributed by atoms with Gasteiger partial charge in [0.25, 0.3) is 0 Å². The van der Waals surface area contributed by atoms with Gasteiger partial charge in [-0.3, -0.25) is 0 Å². The van der Waals surface area contributed by atoms with Gasteiger partial charge in [0.2, 0.25) is 0 Å². The number of ether oxygens (including phenoxy) is 2. The summed E-state index contributed by atoms with van der Waals surface area (Å²) in [6, 6.07) is 0.403. The van der Waals surface area contributed by atoms with E-state index in [0.717, 1.165) is 37.9 Å². The molecule has 0 radical (unpaired) electrons. The molecule has 0 aromatic rings. The van der Waals surface area contributed by atoms with Crippen LogP contribution in [0.1, 0.15) is 45.4 Å². The summed E-state index contributed by atoms with van der Waals surface area (Å²) in [5, 5.41) is 0. The van der Waals surface area contributed by atoms with Gasteiger partial charge < -0.3 is 15.2 Å². The Morgan fingerprint density at radius 3 is 2.53 bits per heavy atom. The van der Waals surface area contributed by atoms with Crippen molar-refractivity contribution in [1.29, 1.82) is 0 Å². The largest absolute Gasteiger partial charge is 0.348 e. The highest BCUT2D eigenvalue weighted by molar-refractivity contribution is 4.92. The molecule has 0 amide bonds. The van der Waals surface area contributed by atoms with Crippen LogP contribution in [-0.4, -0.2) is 25.0 Å². The standard InChI is InChI=1S/C14H25NO2/c1-10-8-11-2-4-14(16-6-7-17-14)5-3-12(11)13(15)9-10/h10-13H,2-9,15H2,1H3/t10-,11-,12-,13+/m1/s1. The van der Waals surface area contributed by atoms with Gasteiger partial charge in [0.05, 0.1) is 13.2 Å². The van der Waals surface area contributed by atoms with Gasteiger partial charge in [-0.25, -0.2) is 0 Å². The number of hydrogen-bond acceptors (Lipinski definition) is 3. The summed E-state index contributed by atoms with van der Waals surface area (Å²) in [6.07, 6.45) is 7.12. The minimum Gasteiger partial charge on any atom is -0.348 e. The lowest BCUT2D eigenvalue weighted by Gasteiger charge is -2.38. The maximum Gasteiger partial charge on any atom is 0.168 e. The molecular weight excluding hydrogens is 214 g/mol. The molecule has 4 atom stereocenters. The summed E-state index contributed by atoms with van der Waals surface area (Å²) < 4.78 is 11.7. The molecule has 3 rings (SSSR count). The van der Waals surface area contributed by atoms with Crippen LogP contribution in [0.25, 0.3) is 0 Å². The van der Waals surface area contributed by atoms with E-state index in [9.17, 15) is 0 Å². The Kier molecular flexibility index (Phi) is 3.18. The SMILES string of the molecule is C[C@@H]1C[C@H]2CCC3(CC[C@H]2[C@@H](N)C1)OCCO3. The molecule has 98 valence electrons. The fraction of sp³-hybridized carbons (Fsp3) is 1.00. The maximum atomic E-state index is 6.35. The summed E-state index contributed by atoms with van der Waals surface area (Å²) in [5.74, 6) is 2.07. The average molecular weight is 239 g/mol. The summed E-state index contributed by atoms with van der Waals surface area (Å²) in [6.45, 7) is 3.90. The molecule has 2 aliphatic carbocycles. The van der Waals surface area contributed by atoms with Crippen molar-refractivity contribution in [3.8, 4) is 0 Å². The lowest BCUT2D eigenvalue weighted by atomic mass is 9.70. The summed E-state index contributed by atoms with van der Waals surface area (Å²) in [4.78, 5) is 0. The maximum absolute atomic E-state index is 6.35. The molecule has 3 nitrogen and oxygen atoms in total. The normalized spacial score (nSPS) is 45.5. The van der Waals surface area contributed by atoms with E-state index in [1.807, 2.05) is 0 Å². The summed E-state index contributed by atoms with van der Waals surface area (Å²) >= 11 is 0. The number of nitrogens with two attached hydrogens (primary N) is 1. The molecule has 0 bridgehead atoms.